The van der Waals surface area contributed by atoms with Crippen LogP contribution < -0.4 is 0 Å². The molecule has 0 aliphatic rings. The Kier molecular flexibility index (Phi) is 8.16. The average Bonchev–Trinajstić information content (AvgIpc) is 2.63. The topological polar surface area (TPSA) is 86.9 Å². The zero-order chi connectivity index (χ0) is 18.2. The molecule has 0 saturated carbocycles. The standard InChI is InChI=1S/C12H6F2N2.C6H5NO2.Ir/c13-10-5-8(6-11(14)9(10)7-15)12-3-1-2-4-16-12;8-6(9)5-3-1-2-4-7-5;/h1-6H;1-4H,(H,8,9);. The number of carboxylic acids is 1. The van der Waals surface area contributed by atoms with Crippen molar-refractivity contribution in [2.45, 2.75) is 0 Å². The Hall–Kier alpha value is -3.01. The Morgan fingerprint density at radius 1 is 1.00 bits per heavy atom. The van der Waals surface area contributed by atoms with Crippen LogP contribution in [0.4, 0.5) is 8.78 Å². The third kappa shape index (κ3) is 5.52. The molecule has 1 radical (unpaired) electrons. The molecule has 0 unspecified atom stereocenters. The average molecular weight is 532 g/mol. The van der Waals surface area contributed by atoms with Crippen molar-refractivity contribution in [3.8, 4) is 17.3 Å². The number of aromatic carboxylic acids is 1. The zero-order valence-corrected chi connectivity index (χ0v) is 15.5. The molecular weight excluding hydrogens is 520 g/mol. The SMILES string of the molecule is N#Cc1c(F)cc(-c2ccccn2)cc1F.O=C(O)c1ccccn1.[Ir]. The first-order valence-electron chi connectivity index (χ1n) is 6.97. The van der Waals surface area contributed by atoms with E-state index in [1.807, 2.05) is 0 Å². The number of carbonyl (C=O) groups is 1. The molecule has 0 bridgehead atoms. The van der Waals surface area contributed by atoms with Crippen LogP contribution in [-0.2, 0) is 20.1 Å². The van der Waals surface area contributed by atoms with Crippen molar-refractivity contribution in [2.75, 3.05) is 0 Å². The number of aromatic nitrogens is 2. The zero-order valence-electron chi connectivity index (χ0n) is 13.1. The summed E-state index contributed by atoms with van der Waals surface area (Å²) in [4.78, 5) is 17.7. The predicted molar refractivity (Wildman–Crippen MR) is 85.5 cm³/mol. The van der Waals surface area contributed by atoms with Gasteiger partial charge in [-0.05, 0) is 36.4 Å². The van der Waals surface area contributed by atoms with Crippen molar-refractivity contribution in [2.24, 2.45) is 0 Å². The minimum atomic E-state index is -0.990. The van der Waals surface area contributed by atoms with Gasteiger partial charge in [-0.2, -0.15) is 5.26 Å². The van der Waals surface area contributed by atoms with Gasteiger partial charge in [0.25, 0.3) is 0 Å². The quantitative estimate of drug-likeness (QED) is 0.546. The third-order valence-corrected chi connectivity index (χ3v) is 3.00. The van der Waals surface area contributed by atoms with Gasteiger partial charge in [0.05, 0.1) is 5.69 Å². The van der Waals surface area contributed by atoms with Crippen molar-refractivity contribution >= 4 is 5.97 Å². The monoisotopic (exact) mass is 532 g/mol. The molecule has 0 amide bonds. The second kappa shape index (κ2) is 10.1. The van der Waals surface area contributed by atoms with Crippen LogP contribution >= 0.6 is 0 Å². The fraction of sp³-hybridized carbons (Fsp3) is 0. The van der Waals surface area contributed by atoms with Crippen molar-refractivity contribution in [1.82, 2.24) is 9.97 Å². The van der Waals surface area contributed by atoms with Gasteiger partial charge in [-0.25, -0.2) is 18.6 Å². The summed E-state index contributed by atoms with van der Waals surface area (Å²) in [6, 6.07) is 13.5. The molecule has 26 heavy (non-hydrogen) atoms. The van der Waals surface area contributed by atoms with Crippen LogP contribution in [0, 0.1) is 23.0 Å². The number of rotatable bonds is 2. The Labute approximate surface area is 161 Å². The maximum Gasteiger partial charge on any atom is 0.354 e. The van der Waals surface area contributed by atoms with E-state index in [0.717, 1.165) is 12.1 Å². The third-order valence-electron chi connectivity index (χ3n) is 3.00. The van der Waals surface area contributed by atoms with Gasteiger partial charge in [0.15, 0.2) is 0 Å². The number of carboxylic acid groups (broad SMARTS) is 1. The van der Waals surface area contributed by atoms with Gasteiger partial charge in [0.2, 0.25) is 0 Å². The summed E-state index contributed by atoms with van der Waals surface area (Å²) in [5.74, 6) is -2.73. The van der Waals surface area contributed by atoms with Gasteiger partial charge in [-0.1, -0.05) is 12.1 Å². The second-order valence-electron chi connectivity index (χ2n) is 4.66. The van der Waals surface area contributed by atoms with Crippen LogP contribution in [0.25, 0.3) is 11.3 Å². The van der Waals surface area contributed by atoms with E-state index < -0.39 is 23.2 Å². The molecule has 2 heterocycles. The molecule has 3 aromatic rings. The smallest absolute Gasteiger partial charge is 0.354 e. The molecule has 0 aliphatic heterocycles. The summed E-state index contributed by atoms with van der Waals surface area (Å²) >= 11 is 0. The maximum absolute atomic E-state index is 13.3. The van der Waals surface area contributed by atoms with Gasteiger partial charge in [0, 0.05) is 38.1 Å². The predicted octanol–water partition coefficient (Wildman–Crippen LogP) is 3.68. The number of benzene rings is 1. The van der Waals surface area contributed by atoms with E-state index in [1.54, 1.807) is 30.3 Å². The summed E-state index contributed by atoms with van der Waals surface area (Å²) in [6.07, 6.45) is 2.98. The number of hydrogen-bond acceptors (Lipinski definition) is 4. The number of hydrogen-bond donors (Lipinski definition) is 1. The van der Waals surface area contributed by atoms with Crippen LogP contribution in [-0.4, -0.2) is 21.0 Å². The largest absolute Gasteiger partial charge is 0.477 e. The molecule has 1 N–H and O–H groups in total. The molecule has 0 spiro atoms. The molecule has 5 nitrogen and oxygen atoms in total. The molecule has 0 atom stereocenters. The van der Waals surface area contributed by atoms with E-state index in [-0.39, 0.29) is 25.8 Å². The summed E-state index contributed by atoms with van der Waals surface area (Å²) in [6.45, 7) is 0. The van der Waals surface area contributed by atoms with Crippen molar-refractivity contribution in [3.63, 3.8) is 0 Å². The van der Waals surface area contributed by atoms with Crippen LogP contribution in [0.1, 0.15) is 16.1 Å². The molecule has 8 heteroatoms. The molecule has 0 fully saturated rings. The van der Waals surface area contributed by atoms with Crippen molar-refractivity contribution in [1.29, 1.82) is 5.26 Å². The first-order chi connectivity index (χ1) is 12.0. The van der Waals surface area contributed by atoms with Gasteiger partial charge < -0.3 is 5.11 Å². The van der Waals surface area contributed by atoms with Crippen LogP contribution in [0.5, 0.6) is 0 Å². The molecule has 2 aromatic heterocycles. The minimum Gasteiger partial charge on any atom is -0.477 e. The van der Waals surface area contributed by atoms with Gasteiger partial charge >= 0.3 is 5.97 Å². The fourth-order valence-electron chi connectivity index (χ4n) is 1.85. The fourth-order valence-corrected chi connectivity index (χ4v) is 1.85. The van der Waals surface area contributed by atoms with Crippen LogP contribution in [0.3, 0.4) is 0 Å². The molecule has 3 rings (SSSR count). The minimum absolute atomic E-state index is 0. The van der Waals surface area contributed by atoms with Gasteiger partial charge in [0.1, 0.15) is 29.0 Å². The molecule has 0 saturated heterocycles. The van der Waals surface area contributed by atoms with Gasteiger partial charge in [-0.15, -0.1) is 0 Å². The normalized spacial score (nSPS) is 9.12. The Morgan fingerprint density at radius 2 is 1.58 bits per heavy atom. The molecule has 1 aromatic carbocycles. The van der Waals surface area contributed by atoms with Crippen molar-refractivity contribution < 1.29 is 38.8 Å². The number of pyridine rings is 2. The molecule has 133 valence electrons. The first-order valence-corrected chi connectivity index (χ1v) is 6.97. The summed E-state index contributed by atoms with van der Waals surface area (Å²) in [5, 5.41) is 16.8. The van der Waals surface area contributed by atoms with E-state index in [2.05, 4.69) is 9.97 Å². The van der Waals surface area contributed by atoms with Gasteiger partial charge in [-0.3, -0.25) is 4.98 Å². The van der Waals surface area contributed by atoms with Crippen LogP contribution in [0.15, 0.2) is 60.9 Å². The first kappa shape index (κ1) is 21.0. The number of nitrogens with zero attached hydrogens (tertiary/aromatic N) is 3. The van der Waals surface area contributed by atoms with E-state index in [0.29, 0.717) is 11.3 Å². The summed E-state index contributed by atoms with van der Waals surface area (Å²) < 4.78 is 26.6. The molecular formula is C18H11F2IrN3O2. The number of halogens is 2. The van der Waals surface area contributed by atoms with Crippen LogP contribution in [0.2, 0.25) is 0 Å². The Bertz CT molecular complexity index is 894. The molecule has 0 aliphatic carbocycles. The van der Waals surface area contributed by atoms with E-state index in [9.17, 15) is 13.6 Å². The second-order valence-corrected chi connectivity index (χ2v) is 4.66. The summed E-state index contributed by atoms with van der Waals surface area (Å²) in [5.41, 5.74) is 0.288. The van der Waals surface area contributed by atoms with Crippen molar-refractivity contribution in [3.05, 3.63) is 83.8 Å². The van der Waals surface area contributed by atoms with E-state index in [4.69, 9.17) is 10.4 Å². The van der Waals surface area contributed by atoms with E-state index in [1.165, 1.54) is 24.5 Å². The van der Waals surface area contributed by atoms with E-state index >= 15 is 0 Å². The number of nitriles is 1. The Morgan fingerprint density at radius 3 is 1.96 bits per heavy atom. The maximum atomic E-state index is 13.3. The Balaban J connectivity index is 0.000000290. The summed E-state index contributed by atoms with van der Waals surface area (Å²) in [7, 11) is 0.